The van der Waals surface area contributed by atoms with Gasteiger partial charge in [0, 0.05) is 0 Å². The van der Waals surface area contributed by atoms with Gasteiger partial charge in [-0.05, 0) is 18.9 Å². The highest BCUT2D eigenvalue weighted by Crippen LogP contribution is 2.29. The Labute approximate surface area is 133 Å². The average Bonchev–Trinajstić information content (AvgIpc) is 2.95. The number of hydrogen-bond acceptors (Lipinski definition) is 6. The maximum atomic E-state index is 11.9. The predicted octanol–water partition coefficient (Wildman–Crippen LogP) is 2.11. The van der Waals surface area contributed by atoms with Gasteiger partial charge in [-0.3, -0.25) is 0 Å². The first-order valence-electron chi connectivity index (χ1n) is 7.43. The molecule has 0 radical (unpaired) electrons. The van der Waals surface area contributed by atoms with Crippen LogP contribution in [-0.2, 0) is 11.2 Å². The SMILES string of the molecule is CCOC(=O)c1nnc2c(-c3ccccc3)c(CC)nn2c1N. The van der Waals surface area contributed by atoms with Crippen molar-refractivity contribution in [3.63, 3.8) is 0 Å². The normalized spacial score (nSPS) is 10.9. The number of rotatable bonds is 4. The summed E-state index contributed by atoms with van der Waals surface area (Å²) in [4.78, 5) is 11.9. The standard InChI is InChI=1S/C16H17N5O2/c1-3-11-12(10-8-6-5-7-9-10)15-19-18-13(16(22)23-4-2)14(17)21(15)20-11/h5-9H,3-4,17H2,1-2H3. The summed E-state index contributed by atoms with van der Waals surface area (Å²) in [6, 6.07) is 9.80. The molecular weight excluding hydrogens is 294 g/mol. The molecule has 0 fully saturated rings. The maximum Gasteiger partial charge on any atom is 0.362 e. The molecule has 2 aromatic heterocycles. The van der Waals surface area contributed by atoms with Crippen LogP contribution in [0.3, 0.4) is 0 Å². The Bertz CT molecular complexity index is 858. The van der Waals surface area contributed by atoms with E-state index in [0.717, 1.165) is 16.8 Å². The molecule has 0 saturated carbocycles. The maximum absolute atomic E-state index is 11.9. The summed E-state index contributed by atoms with van der Waals surface area (Å²) in [6.45, 7) is 3.97. The fraction of sp³-hybridized carbons (Fsp3) is 0.250. The van der Waals surface area contributed by atoms with Gasteiger partial charge in [0.2, 0.25) is 5.69 Å². The Hall–Kier alpha value is -2.96. The second-order valence-electron chi connectivity index (χ2n) is 4.93. The lowest BCUT2D eigenvalue weighted by molar-refractivity contribution is 0.0519. The Balaban J connectivity index is 2.23. The van der Waals surface area contributed by atoms with E-state index in [1.807, 2.05) is 37.3 Å². The van der Waals surface area contributed by atoms with E-state index in [-0.39, 0.29) is 18.1 Å². The zero-order chi connectivity index (χ0) is 16.4. The monoisotopic (exact) mass is 311 g/mol. The second kappa shape index (κ2) is 6.04. The van der Waals surface area contributed by atoms with Crippen LogP contribution in [-0.4, -0.2) is 32.4 Å². The number of hydrogen-bond donors (Lipinski definition) is 1. The Morgan fingerprint density at radius 3 is 2.61 bits per heavy atom. The van der Waals surface area contributed by atoms with Crippen LogP contribution in [0.4, 0.5) is 5.82 Å². The summed E-state index contributed by atoms with van der Waals surface area (Å²) >= 11 is 0. The summed E-state index contributed by atoms with van der Waals surface area (Å²) in [5.41, 5.74) is 9.27. The van der Waals surface area contributed by atoms with E-state index in [0.29, 0.717) is 12.1 Å². The number of nitrogen functional groups attached to an aromatic ring is 1. The van der Waals surface area contributed by atoms with Crippen LogP contribution >= 0.6 is 0 Å². The molecule has 7 heteroatoms. The van der Waals surface area contributed by atoms with Gasteiger partial charge in [-0.25, -0.2) is 4.79 Å². The van der Waals surface area contributed by atoms with Gasteiger partial charge < -0.3 is 10.5 Å². The molecule has 0 aliphatic rings. The number of ether oxygens (including phenoxy) is 1. The lowest BCUT2D eigenvalue weighted by Gasteiger charge is -2.05. The second-order valence-corrected chi connectivity index (χ2v) is 4.93. The number of aryl methyl sites for hydroxylation is 1. The van der Waals surface area contributed by atoms with Crippen molar-refractivity contribution in [3.8, 4) is 11.1 Å². The Morgan fingerprint density at radius 1 is 1.22 bits per heavy atom. The quantitative estimate of drug-likeness (QED) is 0.741. The van der Waals surface area contributed by atoms with Crippen molar-refractivity contribution in [2.24, 2.45) is 0 Å². The lowest BCUT2D eigenvalue weighted by Crippen LogP contribution is -2.15. The van der Waals surface area contributed by atoms with Gasteiger partial charge >= 0.3 is 5.97 Å². The van der Waals surface area contributed by atoms with E-state index in [4.69, 9.17) is 10.5 Å². The van der Waals surface area contributed by atoms with Crippen LogP contribution in [0.15, 0.2) is 30.3 Å². The minimum atomic E-state index is -0.603. The zero-order valence-electron chi connectivity index (χ0n) is 13.0. The van der Waals surface area contributed by atoms with Gasteiger partial charge in [0.25, 0.3) is 0 Å². The van der Waals surface area contributed by atoms with Crippen molar-refractivity contribution in [1.29, 1.82) is 0 Å². The molecule has 3 aromatic rings. The fourth-order valence-electron chi connectivity index (χ4n) is 2.46. The molecule has 2 N–H and O–H groups in total. The van der Waals surface area contributed by atoms with E-state index in [9.17, 15) is 4.79 Å². The molecule has 118 valence electrons. The number of carbonyl (C=O) groups is 1. The summed E-state index contributed by atoms with van der Waals surface area (Å²) < 4.78 is 6.40. The van der Waals surface area contributed by atoms with Gasteiger partial charge in [0.1, 0.15) is 0 Å². The number of esters is 1. The van der Waals surface area contributed by atoms with E-state index >= 15 is 0 Å². The van der Waals surface area contributed by atoms with Crippen molar-refractivity contribution in [2.75, 3.05) is 12.3 Å². The highest BCUT2D eigenvalue weighted by atomic mass is 16.5. The number of anilines is 1. The number of nitrogens with two attached hydrogens (primary N) is 1. The van der Waals surface area contributed by atoms with Crippen LogP contribution in [0.5, 0.6) is 0 Å². The summed E-state index contributed by atoms with van der Waals surface area (Å²) in [5, 5.41) is 12.6. The highest BCUT2D eigenvalue weighted by molar-refractivity contribution is 5.93. The fourth-order valence-corrected chi connectivity index (χ4v) is 2.46. The first-order valence-corrected chi connectivity index (χ1v) is 7.43. The largest absolute Gasteiger partial charge is 0.461 e. The molecular formula is C16H17N5O2. The van der Waals surface area contributed by atoms with Crippen LogP contribution in [0, 0.1) is 0 Å². The highest BCUT2D eigenvalue weighted by Gasteiger charge is 2.22. The lowest BCUT2D eigenvalue weighted by atomic mass is 10.0. The molecule has 0 saturated heterocycles. The van der Waals surface area contributed by atoms with Crippen LogP contribution in [0.1, 0.15) is 30.0 Å². The third-order valence-electron chi connectivity index (χ3n) is 3.52. The Kier molecular flexibility index (Phi) is 3.92. The van der Waals surface area contributed by atoms with Gasteiger partial charge in [-0.1, -0.05) is 37.3 Å². The van der Waals surface area contributed by atoms with Crippen molar-refractivity contribution < 1.29 is 9.53 Å². The van der Waals surface area contributed by atoms with Crippen molar-refractivity contribution in [3.05, 3.63) is 41.7 Å². The first kappa shape index (κ1) is 15.0. The van der Waals surface area contributed by atoms with E-state index in [1.165, 1.54) is 4.52 Å². The molecule has 1 aromatic carbocycles. The minimum absolute atomic E-state index is 0.0240. The zero-order valence-corrected chi connectivity index (χ0v) is 13.0. The molecule has 0 atom stereocenters. The Morgan fingerprint density at radius 2 is 1.96 bits per heavy atom. The van der Waals surface area contributed by atoms with Crippen LogP contribution in [0.25, 0.3) is 16.8 Å². The molecule has 0 bridgehead atoms. The topological polar surface area (TPSA) is 95.4 Å². The third kappa shape index (κ3) is 2.50. The van der Waals surface area contributed by atoms with Gasteiger partial charge in [0.05, 0.1) is 17.9 Å². The molecule has 0 unspecified atom stereocenters. The molecule has 0 aliphatic heterocycles. The van der Waals surface area contributed by atoms with Gasteiger partial charge in [-0.2, -0.15) is 9.61 Å². The minimum Gasteiger partial charge on any atom is -0.461 e. The first-order chi connectivity index (χ1) is 11.2. The summed E-state index contributed by atoms with van der Waals surface area (Å²) in [5.74, 6) is -0.473. The molecule has 0 spiro atoms. The molecule has 23 heavy (non-hydrogen) atoms. The van der Waals surface area contributed by atoms with Gasteiger partial charge in [-0.15, -0.1) is 10.2 Å². The van der Waals surface area contributed by atoms with Crippen molar-refractivity contribution >= 4 is 17.4 Å². The van der Waals surface area contributed by atoms with Crippen molar-refractivity contribution in [2.45, 2.75) is 20.3 Å². The smallest absolute Gasteiger partial charge is 0.362 e. The van der Waals surface area contributed by atoms with Crippen LogP contribution in [0.2, 0.25) is 0 Å². The van der Waals surface area contributed by atoms with Crippen LogP contribution < -0.4 is 5.73 Å². The van der Waals surface area contributed by atoms with E-state index in [1.54, 1.807) is 6.92 Å². The molecule has 2 heterocycles. The van der Waals surface area contributed by atoms with E-state index < -0.39 is 5.97 Å². The number of fused-ring (bicyclic) bond motifs is 1. The number of aromatic nitrogens is 4. The van der Waals surface area contributed by atoms with Crippen molar-refractivity contribution in [1.82, 2.24) is 19.8 Å². The average molecular weight is 311 g/mol. The van der Waals surface area contributed by atoms with Gasteiger partial charge in [0.15, 0.2) is 11.5 Å². The number of benzene rings is 1. The molecule has 0 aliphatic carbocycles. The summed E-state index contributed by atoms with van der Waals surface area (Å²) in [6.07, 6.45) is 0.710. The number of carbonyl (C=O) groups excluding carboxylic acids is 1. The molecule has 7 nitrogen and oxygen atoms in total. The third-order valence-corrected chi connectivity index (χ3v) is 3.52. The molecule has 0 amide bonds. The molecule has 3 rings (SSSR count). The number of nitrogens with zero attached hydrogens (tertiary/aromatic N) is 4. The predicted molar refractivity (Wildman–Crippen MR) is 86.0 cm³/mol. The van der Waals surface area contributed by atoms with E-state index in [2.05, 4.69) is 15.3 Å². The summed E-state index contributed by atoms with van der Waals surface area (Å²) in [7, 11) is 0.